The summed E-state index contributed by atoms with van der Waals surface area (Å²) in [5.74, 6) is 1.51. The highest BCUT2D eigenvalue weighted by molar-refractivity contribution is 7.10. The zero-order valence-corrected chi connectivity index (χ0v) is 13.1. The van der Waals surface area contributed by atoms with Crippen LogP contribution in [0.1, 0.15) is 29.3 Å². The van der Waals surface area contributed by atoms with Crippen molar-refractivity contribution in [3.63, 3.8) is 0 Å². The van der Waals surface area contributed by atoms with Crippen molar-refractivity contribution in [1.82, 2.24) is 10.3 Å². The Labute approximate surface area is 132 Å². The van der Waals surface area contributed by atoms with Crippen LogP contribution in [0, 0.1) is 6.92 Å². The van der Waals surface area contributed by atoms with Gasteiger partial charge in [0.1, 0.15) is 5.76 Å². The molecule has 3 aromatic rings. The number of amides is 1. The molecule has 0 saturated carbocycles. The van der Waals surface area contributed by atoms with E-state index in [1.54, 1.807) is 36.7 Å². The number of furan rings is 1. The minimum absolute atomic E-state index is 0.00995. The smallest absolute Gasteiger partial charge is 0.263 e. The maximum atomic E-state index is 12.2. The summed E-state index contributed by atoms with van der Waals surface area (Å²) < 4.78 is 10.8. The predicted molar refractivity (Wildman–Crippen MR) is 83.5 cm³/mol. The van der Waals surface area contributed by atoms with E-state index >= 15 is 0 Å². The van der Waals surface area contributed by atoms with Crippen LogP contribution in [0.4, 0.5) is 0 Å². The number of hydrogen-bond acceptors (Lipinski definition) is 5. The van der Waals surface area contributed by atoms with Crippen LogP contribution in [0.3, 0.4) is 0 Å². The number of oxazole rings is 1. The van der Waals surface area contributed by atoms with Gasteiger partial charge in [-0.2, -0.15) is 0 Å². The second kappa shape index (κ2) is 6.19. The van der Waals surface area contributed by atoms with Gasteiger partial charge < -0.3 is 14.2 Å². The molecule has 0 bridgehead atoms. The molecule has 1 N–H and O–H groups in total. The first-order chi connectivity index (χ1) is 10.6. The summed E-state index contributed by atoms with van der Waals surface area (Å²) in [6.45, 7) is 3.76. The highest BCUT2D eigenvalue weighted by atomic mass is 32.1. The fourth-order valence-electron chi connectivity index (χ4n) is 2.15. The van der Waals surface area contributed by atoms with Crippen LogP contribution in [0.25, 0.3) is 11.7 Å². The van der Waals surface area contributed by atoms with Gasteiger partial charge in [0.25, 0.3) is 5.89 Å². The number of aromatic nitrogens is 1. The zero-order valence-electron chi connectivity index (χ0n) is 12.3. The Bertz CT molecular complexity index is 745. The van der Waals surface area contributed by atoms with Gasteiger partial charge in [-0.25, -0.2) is 4.98 Å². The van der Waals surface area contributed by atoms with Crippen molar-refractivity contribution >= 4 is 17.2 Å². The lowest BCUT2D eigenvalue weighted by Gasteiger charge is -2.11. The molecule has 0 unspecified atom stereocenters. The molecule has 0 aliphatic rings. The molecule has 0 saturated heterocycles. The molecule has 0 fully saturated rings. The molecule has 114 valence electrons. The van der Waals surface area contributed by atoms with Crippen molar-refractivity contribution in [3.8, 4) is 11.7 Å². The molecular weight excluding hydrogens is 300 g/mol. The zero-order chi connectivity index (χ0) is 15.5. The minimum Gasteiger partial charge on any atom is -0.459 e. The Hall–Kier alpha value is -2.34. The lowest BCUT2D eigenvalue weighted by atomic mass is 10.2. The molecule has 3 heterocycles. The number of carbonyl (C=O) groups is 1. The summed E-state index contributed by atoms with van der Waals surface area (Å²) in [5, 5.41) is 4.96. The van der Waals surface area contributed by atoms with Crippen LogP contribution in [-0.2, 0) is 11.2 Å². The van der Waals surface area contributed by atoms with Gasteiger partial charge in [0.15, 0.2) is 5.76 Å². The van der Waals surface area contributed by atoms with E-state index in [0.29, 0.717) is 23.1 Å². The normalized spacial score (nSPS) is 12.3. The molecule has 3 rings (SSSR count). The molecule has 5 nitrogen and oxygen atoms in total. The summed E-state index contributed by atoms with van der Waals surface area (Å²) in [5.41, 5.74) is 0.627. The highest BCUT2D eigenvalue weighted by Gasteiger charge is 2.17. The number of aryl methyl sites for hydroxylation is 1. The lowest BCUT2D eigenvalue weighted by Crippen LogP contribution is -2.27. The van der Waals surface area contributed by atoms with Crippen LogP contribution in [-0.4, -0.2) is 10.9 Å². The summed E-state index contributed by atoms with van der Waals surface area (Å²) in [4.78, 5) is 17.6. The van der Waals surface area contributed by atoms with Gasteiger partial charge in [0.2, 0.25) is 5.91 Å². The Morgan fingerprint density at radius 3 is 2.95 bits per heavy atom. The van der Waals surface area contributed by atoms with E-state index in [0.717, 1.165) is 4.88 Å². The second-order valence-electron chi connectivity index (χ2n) is 4.98. The Morgan fingerprint density at radius 2 is 2.27 bits per heavy atom. The molecule has 1 atom stereocenters. The molecule has 6 heteroatoms. The van der Waals surface area contributed by atoms with Crippen molar-refractivity contribution in [2.24, 2.45) is 0 Å². The van der Waals surface area contributed by atoms with Crippen LogP contribution in [0.5, 0.6) is 0 Å². The van der Waals surface area contributed by atoms with E-state index in [1.807, 2.05) is 24.4 Å². The number of carbonyl (C=O) groups excluding carboxylic acids is 1. The fourth-order valence-corrected chi connectivity index (χ4v) is 2.89. The summed E-state index contributed by atoms with van der Waals surface area (Å²) in [7, 11) is 0. The molecule has 0 aliphatic carbocycles. The third-order valence-corrected chi connectivity index (χ3v) is 4.36. The van der Waals surface area contributed by atoms with E-state index in [4.69, 9.17) is 8.83 Å². The van der Waals surface area contributed by atoms with Crippen LogP contribution < -0.4 is 5.32 Å². The van der Waals surface area contributed by atoms with Gasteiger partial charge in [0.05, 0.1) is 24.4 Å². The minimum atomic E-state index is -0.0803. The molecule has 3 aromatic heterocycles. The first-order valence-electron chi connectivity index (χ1n) is 6.96. The van der Waals surface area contributed by atoms with E-state index in [9.17, 15) is 4.79 Å². The molecule has 22 heavy (non-hydrogen) atoms. The van der Waals surface area contributed by atoms with Crippen LogP contribution >= 0.6 is 11.3 Å². The van der Waals surface area contributed by atoms with E-state index in [-0.39, 0.29) is 18.4 Å². The standard InChI is InChI=1S/C16H16N2O3S/c1-10(14-6-4-8-22-14)17-15(19)9-12-11(2)21-16(18-12)13-5-3-7-20-13/h3-8,10H,9H2,1-2H3,(H,17,19)/t10-/m1/s1. The third kappa shape index (κ3) is 3.12. The fraction of sp³-hybridized carbons (Fsp3) is 0.250. The van der Waals surface area contributed by atoms with Gasteiger partial charge in [-0.1, -0.05) is 6.07 Å². The number of nitrogens with one attached hydrogen (secondary N) is 1. The average Bonchev–Trinajstić information content (AvgIpc) is 3.19. The summed E-state index contributed by atoms with van der Waals surface area (Å²) in [6.07, 6.45) is 1.75. The number of hydrogen-bond donors (Lipinski definition) is 1. The van der Waals surface area contributed by atoms with Crippen molar-refractivity contribution in [3.05, 3.63) is 52.2 Å². The van der Waals surface area contributed by atoms with Crippen molar-refractivity contribution in [2.45, 2.75) is 26.3 Å². The van der Waals surface area contributed by atoms with Crippen LogP contribution in [0.2, 0.25) is 0 Å². The van der Waals surface area contributed by atoms with Gasteiger partial charge in [-0.05, 0) is 37.4 Å². The van der Waals surface area contributed by atoms with E-state index in [1.165, 1.54) is 0 Å². The second-order valence-corrected chi connectivity index (χ2v) is 5.96. The van der Waals surface area contributed by atoms with Crippen molar-refractivity contribution in [1.29, 1.82) is 0 Å². The quantitative estimate of drug-likeness (QED) is 0.779. The topological polar surface area (TPSA) is 68.3 Å². The maximum absolute atomic E-state index is 12.2. The summed E-state index contributed by atoms with van der Waals surface area (Å²) >= 11 is 1.62. The number of thiophene rings is 1. The van der Waals surface area contributed by atoms with E-state index < -0.39 is 0 Å². The Balaban J connectivity index is 1.67. The first-order valence-corrected chi connectivity index (χ1v) is 7.84. The van der Waals surface area contributed by atoms with Gasteiger partial charge in [-0.15, -0.1) is 11.3 Å². The first kappa shape index (κ1) is 14.6. The van der Waals surface area contributed by atoms with Gasteiger partial charge in [0, 0.05) is 4.88 Å². The average molecular weight is 316 g/mol. The predicted octanol–water partition coefficient (Wildman–Crippen LogP) is 3.72. The monoisotopic (exact) mass is 316 g/mol. The number of rotatable bonds is 5. The van der Waals surface area contributed by atoms with Crippen LogP contribution in [0.15, 0.2) is 44.7 Å². The molecular formula is C16H16N2O3S. The molecule has 0 aromatic carbocycles. The summed E-state index contributed by atoms with van der Waals surface area (Å²) in [6, 6.07) is 7.51. The Kier molecular flexibility index (Phi) is 4.11. The van der Waals surface area contributed by atoms with Gasteiger partial charge in [-0.3, -0.25) is 4.79 Å². The van der Waals surface area contributed by atoms with Crippen molar-refractivity contribution < 1.29 is 13.6 Å². The largest absolute Gasteiger partial charge is 0.459 e. The van der Waals surface area contributed by atoms with Gasteiger partial charge >= 0.3 is 0 Å². The maximum Gasteiger partial charge on any atom is 0.263 e. The Morgan fingerprint density at radius 1 is 1.41 bits per heavy atom. The number of nitrogens with zero attached hydrogens (tertiary/aromatic N) is 1. The molecule has 0 radical (unpaired) electrons. The highest BCUT2D eigenvalue weighted by Crippen LogP contribution is 2.23. The molecule has 0 aliphatic heterocycles. The molecule has 1 amide bonds. The third-order valence-electron chi connectivity index (χ3n) is 3.30. The van der Waals surface area contributed by atoms with Crippen molar-refractivity contribution in [2.75, 3.05) is 0 Å². The SMILES string of the molecule is Cc1oc(-c2ccco2)nc1CC(=O)N[C@H](C)c1cccs1. The molecule has 0 spiro atoms. The lowest BCUT2D eigenvalue weighted by molar-refractivity contribution is -0.121. The van der Waals surface area contributed by atoms with E-state index in [2.05, 4.69) is 10.3 Å².